The van der Waals surface area contributed by atoms with Gasteiger partial charge in [0.05, 0.1) is 17.8 Å². The molecule has 1 amide bonds. The second-order valence-corrected chi connectivity index (χ2v) is 6.53. The average molecular weight is 350 g/mol. The average Bonchev–Trinajstić information content (AvgIpc) is 2.65. The first-order chi connectivity index (χ1) is 12.6. The van der Waals surface area contributed by atoms with Crippen molar-refractivity contribution >= 4 is 11.7 Å². The lowest BCUT2D eigenvalue weighted by Crippen LogP contribution is -2.48. The van der Waals surface area contributed by atoms with Gasteiger partial charge in [-0.2, -0.15) is 5.26 Å². The number of morpholine rings is 1. The van der Waals surface area contributed by atoms with Gasteiger partial charge in [-0.3, -0.25) is 4.79 Å². The molecule has 1 N–H and O–H groups in total. The van der Waals surface area contributed by atoms with Crippen LogP contribution in [0.3, 0.4) is 0 Å². The van der Waals surface area contributed by atoms with E-state index in [9.17, 15) is 4.79 Å². The third-order valence-electron chi connectivity index (χ3n) is 4.30. The number of carbonyl (C=O) groups excluding carboxylic acids is 1. The number of amides is 1. The van der Waals surface area contributed by atoms with Crippen molar-refractivity contribution in [2.75, 3.05) is 18.4 Å². The van der Waals surface area contributed by atoms with E-state index in [0.29, 0.717) is 36.6 Å². The van der Waals surface area contributed by atoms with Gasteiger partial charge in [-0.25, -0.2) is 4.98 Å². The molecule has 1 aromatic carbocycles. The SMILES string of the molecule is C[C@@H]1CN(C(=O)c2ccc(CNc3ncccc3C#N)cc2)C[C@@H](C)O1. The van der Waals surface area contributed by atoms with E-state index < -0.39 is 0 Å². The summed E-state index contributed by atoms with van der Waals surface area (Å²) in [6.07, 6.45) is 1.76. The van der Waals surface area contributed by atoms with E-state index in [-0.39, 0.29) is 18.1 Å². The zero-order valence-electron chi connectivity index (χ0n) is 15.0. The number of pyridine rings is 1. The molecule has 0 aliphatic carbocycles. The summed E-state index contributed by atoms with van der Waals surface area (Å²) in [5.41, 5.74) is 2.19. The third-order valence-corrected chi connectivity index (χ3v) is 4.30. The lowest BCUT2D eigenvalue weighted by Gasteiger charge is -2.35. The highest BCUT2D eigenvalue weighted by molar-refractivity contribution is 5.94. The maximum absolute atomic E-state index is 12.7. The monoisotopic (exact) mass is 350 g/mol. The third kappa shape index (κ3) is 4.19. The Bertz CT molecular complexity index is 803. The number of rotatable bonds is 4. The molecule has 0 radical (unpaired) electrons. The first-order valence-corrected chi connectivity index (χ1v) is 8.69. The lowest BCUT2D eigenvalue weighted by atomic mass is 10.1. The second-order valence-electron chi connectivity index (χ2n) is 6.53. The van der Waals surface area contributed by atoms with Crippen LogP contribution in [0.1, 0.15) is 35.3 Å². The van der Waals surface area contributed by atoms with E-state index in [0.717, 1.165) is 5.56 Å². The van der Waals surface area contributed by atoms with Crippen LogP contribution in [0.4, 0.5) is 5.82 Å². The molecule has 2 heterocycles. The molecular formula is C20H22N4O2. The fourth-order valence-electron chi connectivity index (χ4n) is 3.11. The number of nitrogens with zero attached hydrogens (tertiary/aromatic N) is 3. The van der Waals surface area contributed by atoms with Crippen LogP contribution in [0, 0.1) is 11.3 Å². The van der Waals surface area contributed by atoms with E-state index >= 15 is 0 Å². The van der Waals surface area contributed by atoms with Crippen molar-refractivity contribution in [2.45, 2.75) is 32.6 Å². The minimum Gasteiger partial charge on any atom is -0.372 e. The van der Waals surface area contributed by atoms with Gasteiger partial charge in [0.2, 0.25) is 0 Å². The summed E-state index contributed by atoms with van der Waals surface area (Å²) in [4.78, 5) is 18.7. The molecule has 6 heteroatoms. The molecule has 134 valence electrons. The number of nitriles is 1. The molecule has 3 rings (SSSR count). The van der Waals surface area contributed by atoms with Crippen molar-refractivity contribution in [2.24, 2.45) is 0 Å². The highest BCUT2D eigenvalue weighted by Gasteiger charge is 2.26. The Hall–Kier alpha value is -2.91. The van der Waals surface area contributed by atoms with Crippen molar-refractivity contribution in [1.82, 2.24) is 9.88 Å². The Balaban J connectivity index is 1.63. The van der Waals surface area contributed by atoms with Crippen molar-refractivity contribution < 1.29 is 9.53 Å². The Morgan fingerprint density at radius 1 is 1.27 bits per heavy atom. The van der Waals surface area contributed by atoms with Crippen molar-refractivity contribution in [3.05, 3.63) is 59.3 Å². The minimum absolute atomic E-state index is 0.0306. The number of anilines is 1. The van der Waals surface area contributed by atoms with Gasteiger partial charge in [0.15, 0.2) is 0 Å². The Morgan fingerprint density at radius 3 is 2.62 bits per heavy atom. The molecule has 26 heavy (non-hydrogen) atoms. The molecule has 1 aliphatic rings. The molecule has 1 saturated heterocycles. The number of carbonyl (C=O) groups is 1. The van der Waals surface area contributed by atoms with Crippen molar-refractivity contribution in [3.8, 4) is 6.07 Å². The molecule has 2 atom stereocenters. The van der Waals surface area contributed by atoms with Gasteiger partial charge in [0.1, 0.15) is 11.9 Å². The van der Waals surface area contributed by atoms with Crippen molar-refractivity contribution in [1.29, 1.82) is 5.26 Å². The van der Waals surface area contributed by atoms with Crippen molar-refractivity contribution in [3.63, 3.8) is 0 Å². The molecule has 2 aromatic rings. The second kappa shape index (κ2) is 7.98. The summed E-state index contributed by atoms with van der Waals surface area (Å²) in [6, 6.07) is 13.1. The smallest absolute Gasteiger partial charge is 0.254 e. The number of ether oxygens (including phenoxy) is 1. The maximum Gasteiger partial charge on any atom is 0.254 e. The van der Waals surface area contributed by atoms with E-state index in [2.05, 4.69) is 16.4 Å². The first-order valence-electron chi connectivity index (χ1n) is 8.69. The normalized spacial score (nSPS) is 19.7. The minimum atomic E-state index is 0.0306. The standard InChI is InChI=1S/C20H22N4O2/c1-14-12-24(13-15(2)26-14)20(25)17-7-5-16(6-8-17)11-23-19-18(10-21)4-3-9-22-19/h3-9,14-15H,11-13H2,1-2H3,(H,22,23)/t14-,15-/m1/s1. The largest absolute Gasteiger partial charge is 0.372 e. The molecule has 0 unspecified atom stereocenters. The molecular weight excluding hydrogens is 328 g/mol. The van der Waals surface area contributed by atoms with Crippen LogP contribution in [0.15, 0.2) is 42.6 Å². The first kappa shape index (κ1) is 17.9. The highest BCUT2D eigenvalue weighted by Crippen LogP contribution is 2.16. The van der Waals surface area contributed by atoms with Crippen LogP contribution < -0.4 is 5.32 Å². The molecule has 0 spiro atoms. The Labute approximate surface area is 153 Å². The molecule has 1 aliphatic heterocycles. The zero-order chi connectivity index (χ0) is 18.5. The van der Waals surface area contributed by atoms with Crippen LogP contribution >= 0.6 is 0 Å². The van der Waals surface area contributed by atoms with Gasteiger partial charge in [-0.05, 0) is 43.7 Å². The van der Waals surface area contributed by atoms with Crippen LogP contribution in [-0.4, -0.2) is 41.1 Å². The Morgan fingerprint density at radius 2 is 1.96 bits per heavy atom. The van der Waals surface area contributed by atoms with E-state index in [1.165, 1.54) is 0 Å². The molecule has 0 saturated carbocycles. The quantitative estimate of drug-likeness (QED) is 0.917. The van der Waals surface area contributed by atoms with Gasteiger partial charge in [0, 0.05) is 31.4 Å². The summed E-state index contributed by atoms with van der Waals surface area (Å²) in [6.45, 7) is 5.73. The molecule has 1 aromatic heterocycles. The summed E-state index contributed by atoms with van der Waals surface area (Å²) < 4.78 is 5.68. The fourth-order valence-corrected chi connectivity index (χ4v) is 3.11. The summed E-state index contributed by atoms with van der Waals surface area (Å²) >= 11 is 0. The summed E-state index contributed by atoms with van der Waals surface area (Å²) in [7, 11) is 0. The summed E-state index contributed by atoms with van der Waals surface area (Å²) in [5.74, 6) is 0.592. The predicted octanol–water partition coefficient (Wildman–Crippen LogP) is 2.81. The molecule has 6 nitrogen and oxygen atoms in total. The van der Waals surface area contributed by atoms with Gasteiger partial charge in [-0.1, -0.05) is 12.1 Å². The van der Waals surface area contributed by atoms with Gasteiger partial charge in [-0.15, -0.1) is 0 Å². The fraction of sp³-hybridized carbons (Fsp3) is 0.350. The lowest BCUT2D eigenvalue weighted by molar-refractivity contribution is -0.0586. The Kier molecular flexibility index (Phi) is 5.49. The van der Waals surface area contributed by atoms with Gasteiger partial charge < -0.3 is 15.0 Å². The van der Waals surface area contributed by atoms with Crippen LogP contribution in [0.2, 0.25) is 0 Å². The van der Waals surface area contributed by atoms with Gasteiger partial charge >= 0.3 is 0 Å². The van der Waals surface area contributed by atoms with E-state index in [1.807, 2.05) is 43.0 Å². The maximum atomic E-state index is 12.7. The molecule has 1 fully saturated rings. The number of benzene rings is 1. The topological polar surface area (TPSA) is 78.3 Å². The van der Waals surface area contributed by atoms with Crippen LogP contribution in [-0.2, 0) is 11.3 Å². The van der Waals surface area contributed by atoms with Crippen LogP contribution in [0.5, 0.6) is 0 Å². The number of nitrogens with one attached hydrogen (secondary N) is 1. The van der Waals surface area contributed by atoms with E-state index in [4.69, 9.17) is 10.00 Å². The van der Waals surface area contributed by atoms with Gasteiger partial charge in [0.25, 0.3) is 5.91 Å². The number of hydrogen-bond acceptors (Lipinski definition) is 5. The highest BCUT2D eigenvalue weighted by atomic mass is 16.5. The number of hydrogen-bond donors (Lipinski definition) is 1. The zero-order valence-corrected chi connectivity index (χ0v) is 15.0. The number of aromatic nitrogens is 1. The summed E-state index contributed by atoms with van der Waals surface area (Å²) in [5, 5.41) is 12.3. The predicted molar refractivity (Wildman–Crippen MR) is 98.6 cm³/mol. The van der Waals surface area contributed by atoms with Crippen LogP contribution in [0.25, 0.3) is 0 Å². The molecule has 0 bridgehead atoms. The van der Waals surface area contributed by atoms with E-state index in [1.54, 1.807) is 18.3 Å².